The molecule has 4 heterocycles. The quantitative estimate of drug-likeness (QED) is 0.407. The van der Waals surface area contributed by atoms with Crippen molar-refractivity contribution in [1.82, 2.24) is 19.6 Å². The van der Waals surface area contributed by atoms with Gasteiger partial charge in [-0.25, -0.2) is 4.98 Å². The Morgan fingerprint density at radius 2 is 2.12 bits per heavy atom. The van der Waals surface area contributed by atoms with Crippen LogP contribution in [0.5, 0.6) is 0 Å². The van der Waals surface area contributed by atoms with E-state index in [0.717, 1.165) is 70.7 Å². The zero-order chi connectivity index (χ0) is 21.8. The van der Waals surface area contributed by atoms with Crippen molar-refractivity contribution in [2.45, 2.75) is 51.1 Å². The molecule has 0 N–H and O–H groups in total. The molecular formula is C24H25N5OS2. The Bertz CT molecular complexity index is 1360. The molecule has 1 amide bonds. The van der Waals surface area contributed by atoms with E-state index in [0.29, 0.717) is 5.75 Å². The highest BCUT2D eigenvalue weighted by Crippen LogP contribution is 2.39. The van der Waals surface area contributed by atoms with E-state index in [1.807, 2.05) is 39.7 Å². The number of thiophene rings is 1. The van der Waals surface area contributed by atoms with Crippen molar-refractivity contribution < 1.29 is 4.79 Å². The highest BCUT2D eigenvalue weighted by atomic mass is 32.2. The highest BCUT2D eigenvalue weighted by molar-refractivity contribution is 7.99. The van der Waals surface area contributed by atoms with Crippen LogP contribution < -0.4 is 4.90 Å². The lowest BCUT2D eigenvalue weighted by Crippen LogP contribution is -2.36. The first-order valence-corrected chi connectivity index (χ1v) is 13.1. The number of fused-ring (bicyclic) bond motifs is 6. The van der Waals surface area contributed by atoms with Crippen LogP contribution >= 0.6 is 23.1 Å². The van der Waals surface area contributed by atoms with Crippen LogP contribution in [0.4, 0.5) is 5.69 Å². The predicted octanol–water partition coefficient (Wildman–Crippen LogP) is 4.84. The van der Waals surface area contributed by atoms with Gasteiger partial charge >= 0.3 is 0 Å². The summed E-state index contributed by atoms with van der Waals surface area (Å²) in [5.41, 5.74) is 4.60. The summed E-state index contributed by atoms with van der Waals surface area (Å²) in [6, 6.07) is 8.22. The third kappa shape index (κ3) is 3.23. The molecule has 0 radical (unpaired) electrons. The first-order chi connectivity index (χ1) is 15.6. The average Bonchev–Trinajstić information content (AvgIpc) is 3.38. The molecule has 164 valence electrons. The van der Waals surface area contributed by atoms with Crippen molar-refractivity contribution in [3.05, 3.63) is 46.1 Å². The number of hydrogen-bond acceptors (Lipinski definition) is 6. The van der Waals surface area contributed by atoms with Crippen LogP contribution in [0.3, 0.4) is 0 Å². The van der Waals surface area contributed by atoms with E-state index < -0.39 is 0 Å². The number of aryl methyl sites for hydroxylation is 3. The fourth-order valence-electron chi connectivity index (χ4n) is 5.06. The van der Waals surface area contributed by atoms with Gasteiger partial charge < -0.3 is 4.90 Å². The fraction of sp³-hybridized carbons (Fsp3) is 0.417. The molecule has 32 heavy (non-hydrogen) atoms. The Morgan fingerprint density at radius 1 is 1.25 bits per heavy atom. The Morgan fingerprint density at radius 3 is 3.03 bits per heavy atom. The third-order valence-electron chi connectivity index (χ3n) is 6.67. The molecular weight excluding hydrogens is 438 g/mol. The third-order valence-corrected chi connectivity index (χ3v) is 8.74. The Balaban J connectivity index is 1.31. The lowest BCUT2D eigenvalue weighted by Gasteiger charge is -2.29. The second-order valence-corrected chi connectivity index (χ2v) is 10.9. The molecule has 1 aliphatic heterocycles. The molecule has 1 aromatic carbocycles. The van der Waals surface area contributed by atoms with Crippen LogP contribution in [0.2, 0.25) is 0 Å². The van der Waals surface area contributed by atoms with Crippen LogP contribution in [-0.4, -0.2) is 37.8 Å². The minimum atomic E-state index is 0.118. The van der Waals surface area contributed by atoms with E-state index in [1.54, 1.807) is 0 Å². The molecule has 1 aliphatic carbocycles. The van der Waals surface area contributed by atoms with Gasteiger partial charge in [0.25, 0.3) is 0 Å². The summed E-state index contributed by atoms with van der Waals surface area (Å²) in [5.74, 6) is 2.06. The van der Waals surface area contributed by atoms with Gasteiger partial charge in [0.05, 0.1) is 11.1 Å². The van der Waals surface area contributed by atoms with Crippen LogP contribution in [0, 0.1) is 12.8 Å². The molecule has 0 bridgehead atoms. The van der Waals surface area contributed by atoms with E-state index >= 15 is 0 Å². The highest BCUT2D eigenvalue weighted by Gasteiger charge is 2.26. The monoisotopic (exact) mass is 463 g/mol. The van der Waals surface area contributed by atoms with Crippen LogP contribution in [0.25, 0.3) is 15.9 Å². The zero-order valence-corrected chi connectivity index (χ0v) is 19.9. The molecule has 2 aliphatic rings. The molecule has 0 fully saturated rings. The molecule has 6 rings (SSSR count). The van der Waals surface area contributed by atoms with Gasteiger partial charge in [-0.3, -0.25) is 9.20 Å². The summed E-state index contributed by atoms with van der Waals surface area (Å²) in [5, 5.41) is 11.0. The lowest BCUT2D eigenvalue weighted by atomic mass is 9.89. The second-order valence-electron chi connectivity index (χ2n) is 8.90. The summed E-state index contributed by atoms with van der Waals surface area (Å²) in [6.45, 7) is 5.10. The average molecular weight is 464 g/mol. The number of hydrogen-bond donors (Lipinski definition) is 0. The minimum Gasteiger partial charge on any atom is -0.311 e. The molecule has 0 saturated carbocycles. The van der Waals surface area contributed by atoms with Gasteiger partial charge in [-0.15, -0.1) is 21.5 Å². The van der Waals surface area contributed by atoms with Gasteiger partial charge in [-0.2, -0.15) is 0 Å². The fourth-order valence-corrected chi connectivity index (χ4v) is 7.33. The Kier molecular flexibility index (Phi) is 4.95. The van der Waals surface area contributed by atoms with Gasteiger partial charge in [0.2, 0.25) is 5.91 Å². The van der Waals surface area contributed by atoms with E-state index in [1.165, 1.54) is 34.2 Å². The molecule has 0 spiro atoms. The van der Waals surface area contributed by atoms with Crippen LogP contribution in [-0.2, 0) is 24.1 Å². The summed E-state index contributed by atoms with van der Waals surface area (Å²) in [7, 11) is 0. The predicted molar refractivity (Wildman–Crippen MR) is 130 cm³/mol. The maximum absolute atomic E-state index is 13.1. The SMILES string of the molecule is Cc1nc2sc3c(c2c2nnc(SCC(=O)N4CCCc5ccccc54)n12)CCC(C)C3. The van der Waals surface area contributed by atoms with Crippen molar-refractivity contribution in [3.8, 4) is 0 Å². The topological polar surface area (TPSA) is 63.4 Å². The maximum atomic E-state index is 13.1. The summed E-state index contributed by atoms with van der Waals surface area (Å²) in [6.07, 6.45) is 5.46. The number of thioether (sulfide) groups is 1. The van der Waals surface area contributed by atoms with Crippen molar-refractivity contribution in [3.63, 3.8) is 0 Å². The van der Waals surface area contributed by atoms with Crippen molar-refractivity contribution >= 4 is 50.6 Å². The van der Waals surface area contributed by atoms with Crippen molar-refractivity contribution in [2.75, 3.05) is 17.2 Å². The number of anilines is 1. The number of nitrogens with zero attached hydrogens (tertiary/aromatic N) is 5. The number of amides is 1. The number of para-hydroxylation sites is 1. The Labute approximate surface area is 195 Å². The summed E-state index contributed by atoms with van der Waals surface area (Å²) >= 11 is 3.27. The lowest BCUT2D eigenvalue weighted by molar-refractivity contribution is -0.116. The van der Waals surface area contributed by atoms with Gasteiger partial charge in [0.15, 0.2) is 10.8 Å². The van der Waals surface area contributed by atoms with Crippen molar-refractivity contribution in [2.24, 2.45) is 5.92 Å². The van der Waals surface area contributed by atoms with Gasteiger partial charge in [-0.05, 0) is 62.1 Å². The molecule has 3 aromatic heterocycles. The standard InChI is InChI=1S/C24H25N5OS2/c1-14-9-10-17-19(12-14)32-23-21(17)22-26-27-24(29(22)15(2)25-23)31-13-20(30)28-11-5-7-16-6-3-4-8-18(16)28/h3-4,6,8,14H,5,7,9-13H2,1-2H3. The number of rotatable bonds is 3. The minimum absolute atomic E-state index is 0.118. The largest absolute Gasteiger partial charge is 0.311 e. The smallest absolute Gasteiger partial charge is 0.237 e. The first kappa shape index (κ1) is 20.2. The second kappa shape index (κ2) is 7.85. The molecule has 4 aromatic rings. The van der Waals surface area contributed by atoms with E-state index in [2.05, 4.69) is 29.3 Å². The summed E-state index contributed by atoms with van der Waals surface area (Å²) in [4.78, 5) is 22.5. The van der Waals surface area contributed by atoms with Crippen molar-refractivity contribution in [1.29, 1.82) is 0 Å². The molecule has 1 atom stereocenters. The number of aromatic nitrogens is 4. The van der Waals surface area contributed by atoms with Crippen LogP contribution in [0.1, 0.15) is 41.6 Å². The van der Waals surface area contributed by atoms with E-state index in [-0.39, 0.29) is 5.91 Å². The number of carbonyl (C=O) groups excluding carboxylic acids is 1. The van der Waals surface area contributed by atoms with Gasteiger partial charge in [-0.1, -0.05) is 36.9 Å². The van der Waals surface area contributed by atoms with Gasteiger partial charge in [0.1, 0.15) is 10.7 Å². The maximum Gasteiger partial charge on any atom is 0.237 e. The Hall–Kier alpha value is -2.45. The molecule has 8 heteroatoms. The van der Waals surface area contributed by atoms with Gasteiger partial charge in [0, 0.05) is 17.1 Å². The first-order valence-electron chi connectivity index (χ1n) is 11.3. The van der Waals surface area contributed by atoms with Crippen LogP contribution in [0.15, 0.2) is 29.4 Å². The molecule has 0 saturated heterocycles. The molecule has 1 unspecified atom stereocenters. The zero-order valence-electron chi connectivity index (χ0n) is 18.3. The molecule has 6 nitrogen and oxygen atoms in total. The normalized spacial score (nSPS) is 18.2. The number of carbonyl (C=O) groups is 1. The number of benzene rings is 1. The van der Waals surface area contributed by atoms with E-state index in [4.69, 9.17) is 4.98 Å². The summed E-state index contributed by atoms with van der Waals surface area (Å²) < 4.78 is 2.04. The van der Waals surface area contributed by atoms with E-state index in [9.17, 15) is 4.79 Å².